The van der Waals surface area contributed by atoms with Crippen molar-refractivity contribution in [2.45, 2.75) is 39.7 Å². The summed E-state index contributed by atoms with van der Waals surface area (Å²) in [5.74, 6) is 1.64. The lowest BCUT2D eigenvalue weighted by Crippen LogP contribution is -2.16. The van der Waals surface area contributed by atoms with Crippen LogP contribution in [0.2, 0.25) is 0 Å². The Kier molecular flexibility index (Phi) is 3.67. The zero-order valence-corrected chi connectivity index (χ0v) is 10.8. The van der Waals surface area contributed by atoms with Crippen LogP contribution in [-0.2, 0) is 0 Å². The molecule has 0 amide bonds. The Morgan fingerprint density at radius 3 is 2.65 bits per heavy atom. The van der Waals surface area contributed by atoms with Crippen molar-refractivity contribution < 1.29 is 0 Å². The van der Waals surface area contributed by atoms with Gasteiger partial charge in [0, 0.05) is 6.04 Å². The van der Waals surface area contributed by atoms with Gasteiger partial charge < -0.3 is 10.3 Å². The molecule has 1 heterocycles. The highest BCUT2D eigenvalue weighted by Gasteiger charge is 2.06. The second-order valence-electron chi connectivity index (χ2n) is 5.12. The Balaban J connectivity index is 1.98. The first-order valence-corrected chi connectivity index (χ1v) is 6.36. The predicted molar refractivity (Wildman–Crippen MR) is 73.3 cm³/mol. The molecule has 0 aliphatic carbocycles. The fourth-order valence-electron chi connectivity index (χ4n) is 1.91. The summed E-state index contributed by atoms with van der Waals surface area (Å²) in [6.45, 7) is 6.72. The van der Waals surface area contributed by atoms with Gasteiger partial charge in [-0.05, 0) is 37.8 Å². The molecule has 3 nitrogen and oxygen atoms in total. The molecule has 3 heteroatoms. The number of nitrogens with zero attached hydrogens (tertiary/aromatic N) is 1. The largest absolute Gasteiger partial charge is 0.353 e. The molecule has 1 aromatic heterocycles. The van der Waals surface area contributed by atoms with E-state index < -0.39 is 0 Å². The number of fused-ring (bicyclic) bond motifs is 1. The normalized spacial score (nSPS) is 13.2. The third-order valence-corrected chi connectivity index (χ3v) is 2.95. The standard InChI is InChI=1S/C14H21N3/c1-10(2)8-9-11(3)15-14-16-12-6-4-5-7-13(12)17-14/h4-7,10-11H,8-9H2,1-3H3,(H2,15,16,17). The Morgan fingerprint density at radius 2 is 1.94 bits per heavy atom. The van der Waals surface area contributed by atoms with Gasteiger partial charge >= 0.3 is 0 Å². The summed E-state index contributed by atoms with van der Waals surface area (Å²) in [6.07, 6.45) is 2.42. The third-order valence-electron chi connectivity index (χ3n) is 2.95. The van der Waals surface area contributed by atoms with Gasteiger partial charge in [0.25, 0.3) is 0 Å². The number of imidazole rings is 1. The van der Waals surface area contributed by atoms with Crippen molar-refractivity contribution >= 4 is 17.0 Å². The van der Waals surface area contributed by atoms with Crippen LogP contribution in [0.5, 0.6) is 0 Å². The maximum Gasteiger partial charge on any atom is 0.201 e. The van der Waals surface area contributed by atoms with Crippen molar-refractivity contribution in [3.05, 3.63) is 24.3 Å². The van der Waals surface area contributed by atoms with Crippen LogP contribution in [0.3, 0.4) is 0 Å². The van der Waals surface area contributed by atoms with E-state index in [1.165, 1.54) is 12.8 Å². The molecule has 0 radical (unpaired) electrons. The third kappa shape index (κ3) is 3.22. The van der Waals surface area contributed by atoms with Crippen molar-refractivity contribution in [1.29, 1.82) is 0 Å². The number of aromatic amines is 1. The molecule has 2 rings (SSSR count). The topological polar surface area (TPSA) is 40.7 Å². The van der Waals surface area contributed by atoms with Crippen molar-refractivity contribution in [3.8, 4) is 0 Å². The average Bonchev–Trinajstić information content (AvgIpc) is 2.68. The first-order valence-electron chi connectivity index (χ1n) is 6.36. The minimum absolute atomic E-state index is 0.456. The lowest BCUT2D eigenvalue weighted by molar-refractivity contribution is 0.526. The Morgan fingerprint density at radius 1 is 1.18 bits per heavy atom. The number of para-hydroxylation sites is 2. The average molecular weight is 231 g/mol. The number of hydrogen-bond donors (Lipinski definition) is 2. The smallest absolute Gasteiger partial charge is 0.201 e. The van der Waals surface area contributed by atoms with E-state index in [9.17, 15) is 0 Å². The van der Waals surface area contributed by atoms with Crippen molar-refractivity contribution in [2.75, 3.05) is 5.32 Å². The maximum absolute atomic E-state index is 4.51. The van der Waals surface area contributed by atoms with Crippen LogP contribution >= 0.6 is 0 Å². The van der Waals surface area contributed by atoms with Gasteiger partial charge in [0.2, 0.25) is 5.95 Å². The second kappa shape index (κ2) is 5.21. The van der Waals surface area contributed by atoms with Crippen LogP contribution in [0.25, 0.3) is 11.0 Å². The van der Waals surface area contributed by atoms with Gasteiger partial charge in [-0.2, -0.15) is 0 Å². The zero-order chi connectivity index (χ0) is 12.3. The first-order chi connectivity index (χ1) is 8.15. The summed E-state index contributed by atoms with van der Waals surface area (Å²) in [6, 6.07) is 8.56. The SMILES string of the molecule is CC(C)CCC(C)Nc1nc2ccccc2[nH]1. The monoisotopic (exact) mass is 231 g/mol. The van der Waals surface area contributed by atoms with Gasteiger partial charge in [0.15, 0.2) is 0 Å². The molecule has 92 valence electrons. The number of nitrogens with one attached hydrogen (secondary N) is 2. The van der Waals surface area contributed by atoms with Crippen LogP contribution in [0.15, 0.2) is 24.3 Å². The number of anilines is 1. The minimum Gasteiger partial charge on any atom is -0.353 e. The maximum atomic E-state index is 4.51. The Bertz CT molecular complexity index is 440. The lowest BCUT2D eigenvalue weighted by atomic mass is 10.0. The summed E-state index contributed by atoms with van der Waals surface area (Å²) >= 11 is 0. The molecule has 2 N–H and O–H groups in total. The van der Waals surface area contributed by atoms with Gasteiger partial charge in [-0.15, -0.1) is 0 Å². The number of H-pyrrole nitrogens is 1. The molecule has 0 spiro atoms. The van der Waals surface area contributed by atoms with E-state index in [-0.39, 0.29) is 0 Å². The number of rotatable bonds is 5. The lowest BCUT2D eigenvalue weighted by Gasteiger charge is -2.13. The molecular formula is C14H21N3. The summed E-state index contributed by atoms with van der Waals surface area (Å²) in [4.78, 5) is 7.81. The summed E-state index contributed by atoms with van der Waals surface area (Å²) in [5, 5.41) is 3.42. The van der Waals surface area contributed by atoms with E-state index in [1.54, 1.807) is 0 Å². The van der Waals surface area contributed by atoms with Crippen LogP contribution in [0, 0.1) is 5.92 Å². The van der Waals surface area contributed by atoms with E-state index in [4.69, 9.17) is 0 Å². The quantitative estimate of drug-likeness (QED) is 0.821. The number of aromatic nitrogens is 2. The van der Waals surface area contributed by atoms with E-state index in [1.807, 2.05) is 24.3 Å². The minimum atomic E-state index is 0.456. The highest BCUT2D eigenvalue weighted by molar-refractivity contribution is 5.77. The molecule has 0 saturated carbocycles. The van der Waals surface area contributed by atoms with E-state index in [0.29, 0.717) is 6.04 Å². The van der Waals surface area contributed by atoms with Gasteiger partial charge in [-0.25, -0.2) is 4.98 Å². The van der Waals surface area contributed by atoms with Crippen LogP contribution in [0.4, 0.5) is 5.95 Å². The molecule has 1 unspecified atom stereocenters. The fourth-order valence-corrected chi connectivity index (χ4v) is 1.91. The molecule has 1 atom stereocenters. The van der Waals surface area contributed by atoms with Crippen LogP contribution in [-0.4, -0.2) is 16.0 Å². The Labute approximate surface area is 103 Å². The van der Waals surface area contributed by atoms with Crippen LogP contribution in [0.1, 0.15) is 33.6 Å². The van der Waals surface area contributed by atoms with Gasteiger partial charge in [-0.1, -0.05) is 26.0 Å². The van der Waals surface area contributed by atoms with Crippen molar-refractivity contribution in [1.82, 2.24) is 9.97 Å². The molecule has 2 aromatic rings. The number of hydrogen-bond acceptors (Lipinski definition) is 2. The molecule has 0 saturated heterocycles. The van der Waals surface area contributed by atoms with Gasteiger partial charge in [0.1, 0.15) is 0 Å². The van der Waals surface area contributed by atoms with E-state index in [2.05, 4.69) is 36.1 Å². The summed E-state index contributed by atoms with van der Waals surface area (Å²) in [7, 11) is 0. The molecule has 0 aliphatic heterocycles. The highest BCUT2D eigenvalue weighted by Crippen LogP contribution is 2.15. The molecule has 17 heavy (non-hydrogen) atoms. The predicted octanol–water partition coefficient (Wildman–Crippen LogP) is 3.80. The molecule has 1 aromatic carbocycles. The summed E-state index contributed by atoms with van der Waals surface area (Å²) in [5.41, 5.74) is 2.11. The molecule has 0 fully saturated rings. The zero-order valence-electron chi connectivity index (χ0n) is 10.8. The van der Waals surface area contributed by atoms with E-state index >= 15 is 0 Å². The van der Waals surface area contributed by atoms with Gasteiger partial charge in [-0.3, -0.25) is 0 Å². The summed E-state index contributed by atoms with van der Waals surface area (Å²) < 4.78 is 0. The number of benzene rings is 1. The first kappa shape index (κ1) is 12.0. The van der Waals surface area contributed by atoms with E-state index in [0.717, 1.165) is 22.9 Å². The molecular weight excluding hydrogens is 210 g/mol. The second-order valence-corrected chi connectivity index (χ2v) is 5.12. The van der Waals surface area contributed by atoms with Crippen LogP contribution < -0.4 is 5.32 Å². The van der Waals surface area contributed by atoms with Gasteiger partial charge in [0.05, 0.1) is 11.0 Å². The fraction of sp³-hybridized carbons (Fsp3) is 0.500. The van der Waals surface area contributed by atoms with Crippen molar-refractivity contribution in [2.24, 2.45) is 5.92 Å². The Hall–Kier alpha value is -1.51. The highest BCUT2D eigenvalue weighted by atomic mass is 15.1. The molecule has 0 aliphatic rings. The van der Waals surface area contributed by atoms with Crippen molar-refractivity contribution in [3.63, 3.8) is 0 Å². The molecule has 0 bridgehead atoms.